The van der Waals surface area contributed by atoms with Gasteiger partial charge in [0.25, 0.3) is 0 Å². The number of anilines is 1. The van der Waals surface area contributed by atoms with E-state index in [1.54, 1.807) is 18.7 Å². The van der Waals surface area contributed by atoms with Crippen molar-refractivity contribution < 1.29 is 28.2 Å². The van der Waals surface area contributed by atoms with Crippen molar-refractivity contribution in [1.29, 1.82) is 0 Å². The third kappa shape index (κ3) is 5.66. The topological polar surface area (TPSA) is 97.8 Å². The van der Waals surface area contributed by atoms with E-state index in [1.165, 1.54) is 6.92 Å². The van der Waals surface area contributed by atoms with Crippen LogP contribution in [-0.2, 0) is 19.1 Å². The summed E-state index contributed by atoms with van der Waals surface area (Å²) in [5, 5.41) is 2.52. The van der Waals surface area contributed by atoms with Gasteiger partial charge in [0.15, 0.2) is 11.6 Å². The first kappa shape index (κ1) is 22.6. The van der Waals surface area contributed by atoms with Gasteiger partial charge in [-0.25, -0.2) is 14.2 Å². The molecule has 1 aliphatic rings. The van der Waals surface area contributed by atoms with Gasteiger partial charge in [-0.15, -0.1) is 0 Å². The van der Waals surface area contributed by atoms with Crippen LogP contribution in [0.5, 0.6) is 0 Å². The third-order valence-electron chi connectivity index (χ3n) is 4.16. The maximum atomic E-state index is 14.7. The van der Waals surface area contributed by atoms with Crippen LogP contribution in [0.2, 0.25) is 5.15 Å². The predicted molar refractivity (Wildman–Crippen MR) is 104 cm³/mol. The van der Waals surface area contributed by atoms with E-state index in [1.807, 2.05) is 0 Å². The van der Waals surface area contributed by atoms with Gasteiger partial charge in [-0.05, 0) is 26.3 Å². The Kier molecular flexibility index (Phi) is 7.95. The van der Waals surface area contributed by atoms with Crippen molar-refractivity contribution in [2.45, 2.75) is 33.2 Å². The summed E-state index contributed by atoms with van der Waals surface area (Å²) in [6, 6.07) is 0.816. The summed E-state index contributed by atoms with van der Waals surface area (Å²) in [5.74, 6) is -2.70. The van der Waals surface area contributed by atoms with E-state index < -0.39 is 23.1 Å². The second-order valence-electron chi connectivity index (χ2n) is 6.30. The van der Waals surface area contributed by atoms with Crippen molar-refractivity contribution in [2.24, 2.45) is 0 Å². The highest BCUT2D eigenvalue weighted by Gasteiger charge is 2.30. The Hall–Kier alpha value is -2.68. The highest BCUT2D eigenvalue weighted by molar-refractivity contribution is 6.36. The van der Waals surface area contributed by atoms with Gasteiger partial charge in [-0.3, -0.25) is 9.59 Å². The number of carbonyl (C=O) groups is 3. The summed E-state index contributed by atoms with van der Waals surface area (Å²) >= 11 is 6.14. The molecular weight excluding hydrogens is 405 g/mol. The zero-order chi connectivity index (χ0) is 21.6. The second kappa shape index (κ2) is 10.2. The van der Waals surface area contributed by atoms with Gasteiger partial charge in [-0.2, -0.15) is 0 Å². The van der Waals surface area contributed by atoms with E-state index in [2.05, 4.69) is 10.3 Å². The fourth-order valence-corrected chi connectivity index (χ4v) is 3.13. The molecule has 0 aromatic carbocycles. The van der Waals surface area contributed by atoms with Gasteiger partial charge in [0.05, 0.1) is 18.8 Å². The summed E-state index contributed by atoms with van der Waals surface area (Å²) < 4.78 is 24.6. The minimum absolute atomic E-state index is 0.0223. The number of aromatic nitrogens is 1. The third-order valence-corrected chi connectivity index (χ3v) is 4.45. The molecule has 2 rings (SSSR count). The molecule has 0 aliphatic carbocycles. The van der Waals surface area contributed by atoms with Crippen LogP contribution in [-0.4, -0.2) is 55.0 Å². The molecule has 1 saturated heterocycles. The molecule has 1 aliphatic heterocycles. The number of rotatable bonds is 8. The maximum absolute atomic E-state index is 14.7. The number of halogens is 2. The monoisotopic (exact) mass is 427 g/mol. The number of pyridine rings is 1. The highest BCUT2D eigenvalue weighted by atomic mass is 35.5. The van der Waals surface area contributed by atoms with Crippen LogP contribution < -0.4 is 10.2 Å². The molecule has 1 aromatic heterocycles. The number of carbonyl (C=O) groups excluding carboxylic acids is 3. The van der Waals surface area contributed by atoms with E-state index in [9.17, 15) is 18.8 Å². The van der Waals surface area contributed by atoms with E-state index in [0.717, 1.165) is 12.3 Å². The molecule has 29 heavy (non-hydrogen) atoms. The maximum Gasteiger partial charge on any atom is 0.345 e. The zero-order valence-electron chi connectivity index (χ0n) is 16.5. The molecule has 1 amide bonds. The zero-order valence-corrected chi connectivity index (χ0v) is 17.2. The molecule has 8 nitrogen and oxygen atoms in total. The van der Waals surface area contributed by atoms with Crippen molar-refractivity contribution in [3.05, 3.63) is 34.4 Å². The van der Waals surface area contributed by atoms with Crippen molar-refractivity contribution in [3.63, 3.8) is 0 Å². The van der Waals surface area contributed by atoms with Crippen molar-refractivity contribution >= 4 is 35.1 Å². The van der Waals surface area contributed by atoms with Crippen molar-refractivity contribution in [3.8, 4) is 0 Å². The van der Waals surface area contributed by atoms with Gasteiger partial charge < -0.3 is 19.7 Å². The smallest absolute Gasteiger partial charge is 0.345 e. The number of nitrogens with one attached hydrogen (secondary N) is 1. The molecule has 0 saturated carbocycles. The van der Waals surface area contributed by atoms with E-state index >= 15 is 0 Å². The summed E-state index contributed by atoms with van der Waals surface area (Å²) in [6.07, 6.45) is 1.60. The number of nitrogens with zero attached hydrogens (tertiary/aromatic N) is 2. The minimum Gasteiger partial charge on any atom is -0.500 e. The number of amides is 1. The Bertz CT molecular complexity index is 830. The molecule has 1 aromatic rings. The first-order valence-corrected chi connectivity index (χ1v) is 9.57. The Morgan fingerprint density at radius 1 is 1.38 bits per heavy atom. The molecule has 0 radical (unpaired) electrons. The van der Waals surface area contributed by atoms with Crippen LogP contribution in [0.1, 0.15) is 37.6 Å². The Morgan fingerprint density at radius 2 is 2.10 bits per heavy atom. The molecule has 158 valence electrons. The largest absolute Gasteiger partial charge is 0.500 e. The average Bonchev–Trinajstić information content (AvgIpc) is 3.11. The van der Waals surface area contributed by atoms with Gasteiger partial charge in [-0.1, -0.05) is 11.6 Å². The van der Waals surface area contributed by atoms with Gasteiger partial charge in [0.2, 0.25) is 11.7 Å². The lowest BCUT2D eigenvalue weighted by molar-refractivity contribution is -0.138. The van der Waals surface area contributed by atoms with E-state index in [-0.39, 0.29) is 41.7 Å². The molecule has 0 bridgehead atoms. The fraction of sp³-hybridized carbons (Fsp3) is 0.474. The second-order valence-corrected chi connectivity index (χ2v) is 6.66. The normalized spacial score (nSPS) is 16.5. The molecule has 1 fully saturated rings. The number of esters is 1. The number of hydrogen-bond donors (Lipinski definition) is 1. The summed E-state index contributed by atoms with van der Waals surface area (Å²) in [7, 11) is 0. The Labute approximate surface area is 173 Å². The summed E-state index contributed by atoms with van der Waals surface area (Å²) in [6.45, 7) is 5.79. The SMILES string of the molecule is CCOC=C(C(=O)OCC)C(=O)c1cc(F)c(N2CCC(NC(C)=O)C2)nc1Cl. The van der Waals surface area contributed by atoms with Crippen LogP contribution in [0.4, 0.5) is 10.2 Å². The summed E-state index contributed by atoms with van der Waals surface area (Å²) in [5.41, 5.74) is -0.680. The number of hydrogen-bond acceptors (Lipinski definition) is 7. The van der Waals surface area contributed by atoms with Crippen LogP contribution in [0.15, 0.2) is 17.9 Å². The van der Waals surface area contributed by atoms with Gasteiger partial charge in [0.1, 0.15) is 17.0 Å². The Balaban J connectivity index is 2.29. The highest BCUT2D eigenvalue weighted by Crippen LogP contribution is 2.28. The Morgan fingerprint density at radius 3 is 2.72 bits per heavy atom. The van der Waals surface area contributed by atoms with Gasteiger partial charge in [0, 0.05) is 26.1 Å². The quantitative estimate of drug-likeness (QED) is 0.129. The standard InChI is InChI=1S/C19H23ClFN3O5/c1-4-28-10-14(19(27)29-5-2)16(26)13-8-15(21)18(23-17(13)20)24-7-6-12(9-24)22-11(3)25/h8,10,12H,4-7,9H2,1-3H3,(H,22,25). The molecular formula is C19H23ClFN3O5. The number of ketones is 1. The number of Topliss-reactive ketones (excluding diaryl/α,β-unsaturated/α-hetero) is 1. The molecule has 1 unspecified atom stereocenters. The molecule has 0 spiro atoms. The molecule has 10 heteroatoms. The van der Waals surface area contributed by atoms with Crippen molar-refractivity contribution in [2.75, 3.05) is 31.2 Å². The lowest BCUT2D eigenvalue weighted by Crippen LogP contribution is -2.36. The lowest BCUT2D eigenvalue weighted by Gasteiger charge is -2.19. The van der Waals surface area contributed by atoms with Crippen LogP contribution in [0, 0.1) is 5.82 Å². The van der Waals surface area contributed by atoms with E-state index in [0.29, 0.717) is 19.5 Å². The fourth-order valence-electron chi connectivity index (χ4n) is 2.91. The molecule has 1 atom stereocenters. The van der Waals surface area contributed by atoms with Gasteiger partial charge >= 0.3 is 5.97 Å². The summed E-state index contributed by atoms with van der Waals surface area (Å²) in [4.78, 5) is 41.7. The predicted octanol–water partition coefficient (Wildman–Crippen LogP) is 2.26. The first-order valence-electron chi connectivity index (χ1n) is 9.20. The molecule has 2 heterocycles. The van der Waals surface area contributed by atoms with E-state index in [4.69, 9.17) is 21.1 Å². The van der Waals surface area contributed by atoms with Crippen LogP contribution in [0.3, 0.4) is 0 Å². The first-order chi connectivity index (χ1) is 13.8. The van der Waals surface area contributed by atoms with Crippen LogP contribution in [0.25, 0.3) is 0 Å². The average molecular weight is 428 g/mol. The van der Waals surface area contributed by atoms with Crippen molar-refractivity contribution in [1.82, 2.24) is 10.3 Å². The number of ether oxygens (including phenoxy) is 2. The van der Waals surface area contributed by atoms with Crippen LogP contribution >= 0.6 is 11.6 Å². The lowest BCUT2D eigenvalue weighted by atomic mass is 10.1. The molecule has 1 N–H and O–H groups in total. The minimum atomic E-state index is -0.899.